The molecule has 0 heterocycles. The average Bonchev–Trinajstić information content (AvgIpc) is 2.37. The van der Waals surface area contributed by atoms with E-state index in [4.69, 9.17) is 15.2 Å². The standard InChI is InChI=1S/C13H17NO3/c14-8-9-16-10-11-17-13(15)7-6-12-4-2-1-3-5-12/h1-7H,8-11,14H2/b7-6+. The monoisotopic (exact) mass is 235 g/mol. The van der Waals surface area contributed by atoms with Gasteiger partial charge in [0.2, 0.25) is 0 Å². The summed E-state index contributed by atoms with van der Waals surface area (Å²) in [5, 5.41) is 0. The zero-order valence-corrected chi connectivity index (χ0v) is 9.67. The van der Waals surface area contributed by atoms with Gasteiger partial charge in [-0.2, -0.15) is 0 Å². The molecule has 0 aliphatic heterocycles. The lowest BCUT2D eigenvalue weighted by Gasteiger charge is -2.02. The lowest BCUT2D eigenvalue weighted by Crippen LogP contribution is -2.13. The lowest BCUT2D eigenvalue weighted by atomic mass is 10.2. The van der Waals surface area contributed by atoms with Gasteiger partial charge < -0.3 is 15.2 Å². The van der Waals surface area contributed by atoms with Crippen LogP contribution in [-0.2, 0) is 14.3 Å². The largest absolute Gasteiger partial charge is 0.460 e. The second-order valence-electron chi connectivity index (χ2n) is 3.31. The Morgan fingerprint density at radius 2 is 1.94 bits per heavy atom. The van der Waals surface area contributed by atoms with Gasteiger partial charge in [0.1, 0.15) is 6.61 Å². The normalized spacial score (nSPS) is 10.6. The zero-order valence-electron chi connectivity index (χ0n) is 9.67. The molecule has 0 radical (unpaired) electrons. The van der Waals surface area contributed by atoms with Crippen molar-refractivity contribution in [2.45, 2.75) is 0 Å². The Hall–Kier alpha value is -1.65. The van der Waals surface area contributed by atoms with Crippen molar-refractivity contribution in [1.82, 2.24) is 0 Å². The number of hydrogen-bond acceptors (Lipinski definition) is 4. The van der Waals surface area contributed by atoms with E-state index in [1.54, 1.807) is 6.08 Å². The molecule has 0 aromatic heterocycles. The summed E-state index contributed by atoms with van der Waals surface area (Å²) in [6.45, 7) is 1.58. The summed E-state index contributed by atoms with van der Waals surface area (Å²) in [5.74, 6) is -0.370. The number of esters is 1. The van der Waals surface area contributed by atoms with Crippen LogP contribution in [0.3, 0.4) is 0 Å². The minimum absolute atomic E-state index is 0.248. The minimum atomic E-state index is -0.370. The molecule has 92 valence electrons. The predicted octanol–water partition coefficient (Wildman–Crippen LogP) is 1.22. The van der Waals surface area contributed by atoms with Gasteiger partial charge in [-0.25, -0.2) is 4.79 Å². The summed E-state index contributed by atoms with van der Waals surface area (Å²) in [6, 6.07) is 9.56. The van der Waals surface area contributed by atoms with Crippen LogP contribution in [0.15, 0.2) is 36.4 Å². The molecule has 4 heteroatoms. The molecular weight excluding hydrogens is 218 g/mol. The van der Waals surface area contributed by atoms with E-state index in [2.05, 4.69) is 0 Å². The first kappa shape index (κ1) is 13.4. The van der Waals surface area contributed by atoms with E-state index in [1.165, 1.54) is 6.08 Å². The molecule has 17 heavy (non-hydrogen) atoms. The van der Waals surface area contributed by atoms with Gasteiger partial charge >= 0.3 is 5.97 Å². The van der Waals surface area contributed by atoms with Gasteiger partial charge in [0.25, 0.3) is 0 Å². The molecule has 0 atom stereocenters. The molecule has 2 N–H and O–H groups in total. The number of benzene rings is 1. The number of hydrogen-bond donors (Lipinski definition) is 1. The molecule has 0 unspecified atom stereocenters. The summed E-state index contributed by atoms with van der Waals surface area (Å²) < 4.78 is 9.99. The fourth-order valence-electron chi connectivity index (χ4n) is 1.16. The molecule has 4 nitrogen and oxygen atoms in total. The maximum Gasteiger partial charge on any atom is 0.330 e. The molecule has 0 bridgehead atoms. The second kappa shape index (κ2) is 8.50. The van der Waals surface area contributed by atoms with Crippen molar-refractivity contribution in [1.29, 1.82) is 0 Å². The third-order valence-electron chi connectivity index (χ3n) is 1.95. The molecule has 0 aliphatic rings. The first-order chi connectivity index (χ1) is 8.33. The van der Waals surface area contributed by atoms with Crippen molar-refractivity contribution in [3.8, 4) is 0 Å². The summed E-state index contributed by atoms with van der Waals surface area (Å²) in [7, 11) is 0. The van der Waals surface area contributed by atoms with Gasteiger partial charge in [-0.15, -0.1) is 0 Å². The highest BCUT2D eigenvalue weighted by atomic mass is 16.6. The molecule has 0 aliphatic carbocycles. The number of carbonyl (C=O) groups excluding carboxylic acids is 1. The third-order valence-corrected chi connectivity index (χ3v) is 1.95. The van der Waals surface area contributed by atoms with Crippen LogP contribution in [0.4, 0.5) is 0 Å². The van der Waals surface area contributed by atoms with Gasteiger partial charge in [0.05, 0.1) is 13.2 Å². The molecule has 0 spiro atoms. The van der Waals surface area contributed by atoms with Crippen molar-refractivity contribution < 1.29 is 14.3 Å². The SMILES string of the molecule is NCCOCCOC(=O)/C=C/c1ccccc1. The van der Waals surface area contributed by atoms with Crippen molar-refractivity contribution in [3.63, 3.8) is 0 Å². The Labute approximate surface area is 101 Å². The molecule has 0 saturated heterocycles. The summed E-state index contributed by atoms with van der Waals surface area (Å²) in [5.41, 5.74) is 6.20. The first-order valence-corrected chi connectivity index (χ1v) is 5.50. The third kappa shape index (κ3) is 6.50. The smallest absolute Gasteiger partial charge is 0.330 e. The van der Waals surface area contributed by atoms with Crippen LogP contribution >= 0.6 is 0 Å². The Morgan fingerprint density at radius 3 is 2.65 bits per heavy atom. The topological polar surface area (TPSA) is 61.6 Å². The Balaban J connectivity index is 2.19. The fraction of sp³-hybridized carbons (Fsp3) is 0.308. The maximum absolute atomic E-state index is 11.3. The van der Waals surface area contributed by atoms with Crippen molar-refractivity contribution in [2.24, 2.45) is 5.73 Å². The van der Waals surface area contributed by atoms with E-state index in [0.717, 1.165) is 5.56 Å². The van der Waals surface area contributed by atoms with E-state index in [-0.39, 0.29) is 12.6 Å². The van der Waals surface area contributed by atoms with E-state index in [9.17, 15) is 4.79 Å². The van der Waals surface area contributed by atoms with Crippen LogP contribution in [0.1, 0.15) is 5.56 Å². The van der Waals surface area contributed by atoms with Gasteiger partial charge in [-0.05, 0) is 11.6 Å². The number of nitrogens with two attached hydrogens (primary N) is 1. The zero-order chi connectivity index (χ0) is 12.3. The minimum Gasteiger partial charge on any atom is -0.460 e. The highest BCUT2D eigenvalue weighted by molar-refractivity contribution is 5.86. The average molecular weight is 235 g/mol. The van der Waals surface area contributed by atoms with Gasteiger partial charge in [0.15, 0.2) is 0 Å². The summed E-state index contributed by atoms with van der Waals surface area (Å²) in [6.07, 6.45) is 3.11. The van der Waals surface area contributed by atoms with E-state index in [1.807, 2.05) is 30.3 Å². The van der Waals surface area contributed by atoms with Crippen LogP contribution in [0.2, 0.25) is 0 Å². The van der Waals surface area contributed by atoms with Crippen LogP contribution in [0.25, 0.3) is 6.08 Å². The molecule has 0 saturated carbocycles. The number of carbonyl (C=O) groups is 1. The highest BCUT2D eigenvalue weighted by Gasteiger charge is 1.96. The fourth-order valence-corrected chi connectivity index (χ4v) is 1.16. The second-order valence-corrected chi connectivity index (χ2v) is 3.31. The van der Waals surface area contributed by atoms with Crippen molar-refractivity contribution in [2.75, 3.05) is 26.4 Å². The Morgan fingerprint density at radius 1 is 1.18 bits per heavy atom. The van der Waals surface area contributed by atoms with Crippen molar-refractivity contribution in [3.05, 3.63) is 42.0 Å². The predicted molar refractivity (Wildman–Crippen MR) is 66.3 cm³/mol. The van der Waals surface area contributed by atoms with E-state index < -0.39 is 0 Å². The summed E-state index contributed by atoms with van der Waals surface area (Å²) >= 11 is 0. The molecular formula is C13H17NO3. The van der Waals surface area contributed by atoms with Gasteiger partial charge in [0, 0.05) is 12.6 Å². The highest BCUT2D eigenvalue weighted by Crippen LogP contribution is 2.00. The molecule has 1 aromatic rings. The van der Waals surface area contributed by atoms with Gasteiger partial charge in [-0.3, -0.25) is 0 Å². The van der Waals surface area contributed by atoms with Crippen LogP contribution < -0.4 is 5.73 Å². The molecule has 0 amide bonds. The quantitative estimate of drug-likeness (QED) is 0.438. The number of ether oxygens (including phenoxy) is 2. The molecule has 1 rings (SSSR count). The van der Waals surface area contributed by atoms with E-state index in [0.29, 0.717) is 19.8 Å². The van der Waals surface area contributed by atoms with Gasteiger partial charge in [-0.1, -0.05) is 30.3 Å². The van der Waals surface area contributed by atoms with Crippen LogP contribution in [0, 0.1) is 0 Å². The van der Waals surface area contributed by atoms with E-state index >= 15 is 0 Å². The number of rotatable bonds is 7. The molecule has 0 fully saturated rings. The van der Waals surface area contributed by atoms with Crippen LogP contribution in [-0.4, -0.2) is 32.3 Å². The Kier molecular flexibility index (Phi) is 6.70. The lowest BCUT2D eigenvalue weighted by molar-refractivity contribution is -0.139. The Bertz CT molecular complexity index is 349. The van der Waals surface area contributed by atoms with Crippen molar-refractivity contribution >= 4 is 12.0 Å². The maximum atomic E-state index is 11.3. The summed E-state index contributed by atoms with van der Waals surface area (Å²) in [4.78, 5) is 11.3. The molecule has 1 aromatic carbocycles. The first-order valence-electron chi connectivity index (χ1n) is 5.50. The van der Waals surface area contributed by atoms with Crippen LogP contribution in [0.5, 0.6) is 0 Å².